The Balaban J connectivity index is 1.73. The molecule has 1 N–H and O–H groups in total. The van der Waals surface area contributed by atoms with Crippen LogP contribution in [0.3, 0.4) is 0 Å². The van der Waals surface area contributed by atoms with Gasteiger partial charge in [-0.15, -0.1) is 0 Å². The predicted octanol–water partition coefficient (Wildman–Crippen LogP) is 5.29. The predicted molar refractivity (Wildman–Crippen MR) is 111 cm³/mol. The lowest BCUT2D eigenvalue weighted by Gasteiger charge is -2.08. The van der Waals surface area contributed by atoms with Crippen molar-refractivity contribution in [3.8, 4) is 11.3 Å². The van der Waals surface area contributed by atoms with Crippen LogP contribution in [0.5, 0.6) is 0 Å². The number of carbonyl (C=O) groups is 1. The summed E-state index contributed by atoms with van der Waals surface area (Å²) in [6.45, 7) is 0.191. The van der Waals surface area contributed by atoms with Crippen LogP contribution in [0.25, 0.3) is 16.9 Å². The second-order valence-electron chi connectivity index (χ2n) is 6.00. The van der Waals surface area contributed by atoms with Crippen LogP contribution in [-0.4, -0.2) is 20.5 Å². The Bertz CT molecular complexity index is 1170. The van der Waals surface area contributed by atoms with Gasteiger partial charge in [0.1, 0.15) is 5.15 Å². The minimum atomic E-state index is -0.287. The highest BCUT2D eigenvalue weighted by Crippen LogP contribution is 2.26. The molecule has 0 spiro atoms. The van der Waals surface area contributed by atoms with Gasteiger partial charge in [-0.05, 0) is 36.4 Å². The van der Waals surface area contributed by atoms with Crippen molar-refractivity contribution >= 4 is 46.4 Å². The van der Waals surface area contributed by atoms with E-state index in [1.807, 2.05) is 12.1 Å². The first-order chi connectivity index (χ1) is 13.5. The van der Waals surface area contributed by atoms with Crippen LogP contribution in [-0.2, 0) is 6.54 Å². The van der Waals surface area contributed by atoms with Crippen molar-refractivity contribution in [2.45, 2.75) is 6.54 Å². The number of carbonyl (C=O) groups excluding carboxylic acids is 1. The number of nitrogens with one attached hydrogen (secondary N) is 1. The van der Waals surface area contributed by atoms with Gasteiger partial charge in [0.15, 0.2) is 5.65 Å². The number of amides is 1. The molecule has 2 aromatic carbocycles. The molecule has 0 saturated heterocycles. The lowest BCUT2D eigenvalue weighted by atomic mass is 10.1. The first-order valence-corrected chi connectivity index (χ1v) is 9.49. The minimum absolute atomic E-state index is 0.191. The molecule has 4 aromatic rings. The quantitative estimate of drug-likeness (QED) is 0.478. The van der Waals surface area contributed by atoms with Crippen LogP contribution in [0.15, 0.2) is 60.7 Å². The molecular formula is C20H13Cl3N4O. The fourth-order valence-corrected chi connectivity index (χ4v) is 3.34. The van der Waals surface area contributed by atoms with E-state index in [-0.39, 0.29) is 12.5 Å². The molecular weight excluding hydrogens is 419 g/mol. The Hall–Kier alpha value is -2.60. The molecule has 0 aliphatic heterocycles. The largest absolute Gasteiger partial charge is 0.346 e. The third-order valence-corrected chi connectivity index (χ3v) is 4.97. The van der Waals surface area contributed by atoms with Gasteiger partial charge in [-0.2, -0.15) is 5.10 Å². The average molecular weight is 432 g/mol. The molecule has 5 nitrogen and oxygen atoms in total. The fraction of sp³-hybridized carbons (Fsp3) is 0.0500. The molecule has 1 amide bonds. The molecule has 0 saturated carbocycles. The summed E-state index contributed by atoms with van der Waals surface area (Å²) in [5.41, 5.74) is 3.26. The number of aromatic nitrogens is 3. The first-order valence-electron chi connectivity index (χ1n) is 8.36. The van der Waals surface area contributed by atoms with Crippen molar-refractivity contribution in [1.82, 2.24) is 19.9 Å². The third-order valence-electron chi connectivity index (χ3n) is 4.19. The highest BCUT2D eigenvalue weighted by molar-refractivity contribution is 6.33. The maximum Gasteiger partial charge on any atom is 0.253 e. The number of hydrogen-bond acceptors (Lipinski definition) is 3. The smallest absolute Gasteiger partial charge is 0.253 e. The summed E-state index contributed by atoms with van der Waals surface area (Å²) in [6.07, 6.45) is 0. The van der Waals surface area contributed by atoms with Gasteiger partial charge in [-0.3, -0.25) is 4.79 Å². The third kappa shape index (κ3) is 3.69. The Kier molecular flexibility index (Phi) is 5.22. The van der Waals surface area contributed by atoms with Gasteiger partial charge in [0, 0.05) is 10.6 Å². The van der Waals surface area contributed by atoms with E-state index in [0.717, 1.165) is 5.56 Å². The summed E-state index contributed by atoms with van der Waals surface area (Å²) in [6, 6.07) is 17.6. The highest BCUT2D eigenvalue weighted by Gasteiger charge is 2.17. The van der Waals surface area contributed by atoms with Crippen molar-refractivity contribution in [3.05, 3.63) is 87.1 Å². The molecule has 2 aromatic heterocycles. The number of fused-ring (bicyclic) bond motifs is 1. The molecule has 8 heteroatoms. The van der Waals surface area contributed by atoms with Crippen molar-refractivity contribution in [2.75, 3.05) is 0 Å². The topological polar surface area (TPSA) is 59.3 Å². The standard InChI is InChI=1S/C20H13Cl3N4O/c21-13-7-5-12(6-8-13)19-16(27-18(25-19)10-9-17(23)26-27)11-24-20(28)14-3-1-2-4-15(14)22/h1-10H,11H2,(H,24,28). The monoisotopic (exact) mass is 430 g/mol. The van der Waals surface area contributed by atoms with Gasteiger partial charge in [0.2, 0.25) is 0 Å². The molecule has 2 heterocycles. The lowest BCUT2D eigenvalue weighted by molar-refractivity contribution is 0.0950. The van der Waals surface area contributed by atoms with Crippen molar-refractivity contribution in [3.63, 3.8) is 0 Å². The van der Waals surface area contributed by atoms with Crippen LogP contribution in [0.4, 0.5) is 0 Å². The van der Waals surface area contributed by atoms with E-state index in [9.17, 15) is 4.79 Å². The lowest BCUT2D eigenvalue weighted by Crippen LogP contribution is -2.24. The van der Waals surface area contributed by atoms with Crippen molar-refractivity contribution in [1.29, 1.82) is 0 Å². The van der Waals surface area contributed by atoms with Crippen molar-refractivity contribution in [2.24, 2.45) is 0 Å². The van der Waals surface area contributed by atoms with E-state index >= 15 is 0 Å². The molecule has 28 heavy (non-hydrogen) atoms. The van der Waals surface area contributed by atoms with Crippen LogP contribution in [0.2, 0.25) is 15.2 Å². The van der Waals surface area contributed by atoms with Gasteiger partial charge >= 0.3 is 0 Å². The van der Waals surface area contributed by atoms with Gasteiger partial charge in [0.05, 0.1) is 28.5 Å². The summed E-state index contributed by atoms with van der Waals surface area (Å²) >= 11 is 18.2. The van der Waals surface area contributed by atoms with Crippen molar-refractivity contribution < 1.29 is 4.79 Å². The van der Waals surface area contributed by atoms with Gasteiger partial charge in [0.25, 0.3) is 5.91 Å². The van der Waals surface area contributed by atoms with E-state index in [4.69, 9.17) is 34.8 Å². The van der Waals surface area contributed by atoms with E-state index in [0.29, 0.717) is 37.8 Å². The summed E-state index contributed by atoms with van der Waals surface area (Å²) in [5, 5.41) is 8.54. The maximum absolute atomic E-state index is 12.6. The second kappa shape index (κ2) is 7.80. The first kappa shape index (κ1) is 18.7. The van der Waals surface area contributed by atoms with Gasteiger partial charge in [-0.25, -0.2) is 9.50 Å². The number of benzene rings is 2. The number of hydrogen-bond donors (Lipinski definition) is 1. The zero-order valence-electron chi connectivity index (χ0n) is 14.4. The molecule has 0 radical (unpaired) electrons. The molecule has 0 unspecified atom stereocenters. The Labute approximate surface area is 175 Å². The number of halogens is 3. The summed E-state index contributed by atoms with van der Waals surface area (Å²) in [5.74, 6) is -0.287. The molecule has 0 bridgehead atoms. The highest BCUT2D eigenvalue weighted by atomic mass is 35.5. The Morgan fingerprint density at radius 1 is 0.964 bits per heavy atom. The average Bonchev–Trinajstić information content (AvgIpc) is 3.04. The van der Waals surface area contributed by atoms with Gasteiger partial charge in [-0.1, -0.05) is 59.1 Å². The molecule has 0 aliphatic carbocycles. The van der Waals surface area contributed by atoms with Crippen LogP contribution in [0.1, 0.15) is 16.1 Å². The van der Waals surface area contributed by atoms with E-state index in [1.54, 1.807) is 53.0 Å². The van der Waals surface area contributed by atoms with Crippen LogP contribution < -0.4 is 5.32 Å². The van der Waals surface area contributed by atoms with E-state index in [2.05, 4.69) is 15.4 Å². The summed E-state index contributed by atoms with van der Waals surface area (Å²) in [7, 11) is 0. The van der Waals surface area contributed by atoms with Crippen LogP contribution in [0, 0.1) is 0 Å². The summed E-state index contributed by atoms with van der Waals surface area (Å²) < 4.78 is 1.62. The fourth-order valence-electron chi connectivity index (χ4n) is 2.86. The normalized spacial score (nSPS) is 11.0. The number of rotatable bonds is 4. The molecule has 4 rings (SSSR count). The SMILES string of the molecule is O=C(NCc1c(-c2ccc(Cl)cc2)nc2ccc(Cl)nn12)c1ccccc1Cl. The summed E-state index contributed by atoms with van der Waals surface area (Å²) in [4.78, 5) is 17.2. The molecule has 0 aliphatic rings. The number of imidazole rings is 1. The minimum Gasteiger partial charge on any atom is -0.346 e. The molecule has 140 valence electrons. The number of nitrogens with zero attached hydrogens (tertiary/aromatic N) is 3. The maximum atomic E-state index is 12.6. The molecule has 0 fully saturated rings. The van der Waals surface area contributed by atoms with Gasteiger partial charge < -0.3 is 5.32 Å². The van der Waals surface area contributed by atoms with Crippen LogP contribution >= 0.6 is 34.8 Å². The zero-order valence-corrected chi connectivity index (χ0v) is 16.6. The zero-order chi connectivity index (χ0) is 19.7. The Morgan fingerprint density at radius 2 is 1.71 bits per heavy atom. The van der Waals surface area contributed by atoms with E-state index in [1.165, 1.54) is 0 Å². The second-order valence-corrected chi connectivity index (χ2v) is 7.23. The molecule has 0 atom stereocenters. The van der Waals surface area contributed by atoms with E-state index < -0.39 is 0 Å². The Morgan fingerprint density at radius 3 is 2.46 bits per heavy atom.